The molecule has 0 fully saturated rings. The fraction of sp³-hybridized carbons (Fsp3) is 0.303. The maximum Gasteiger partial charge on any atom is 0.261 e. The molecule has 0 aliphatic carbocycles. The third-order valence-electron chi connectivity index (χ3n) is 7.18. The number of hydrogen-bond acceptors (Lipinski definition) is 4. The first kappa shape index (κ1) is 27.0. The lowest BCUT2D eigenvalue weighted by molar-refractivity contribution is 0.0192. The Morgan fingerprint density at radius 3 is 2.29 bits per heavy atom. The van der Waals surface area contributed by atoms with Crippen LogP contribution in [0.3, 0.4) is 0 Å². The highest BCUT2D eigenvalue weighted by Crippen LogP contribution is 2.28. The summed E-state index contributed by atoms with van der Waals surface area (Å²) < 4.78 is 7.35. The summed E-state index contributed by atoms with van der Waals surface area (Å²) in [6.45, 7) is 8.14. The summed E-state index contributed by atoms with van der Waals surface area (Å²) in [7, 11) is 1.69. The molecular formula is C33H35N3O2. The molecule has 0 aliphatic rings. The molecule has 0 atom stereocenters. The monoisotopic (exact) mass is 505 g/mol. The zero-order valence-electron chi connectivity index (χ0n) is 22.9. The van der Waals surface area contributed by atoms with E-state index in [9.17, 15) is 10.1 Å². The van der Waals surface area contributed by atoms with E-state index in [1.807, 2.05) is 93.6 Å². The molecule has 194 valence electrons. The molecular weight excluding hydrogens is 470 g/mol. The van der Waals surface area contributed by atoms with Gasteiger partial charge in [0.25, 0.3) is 5.56 Å². The SMILES string of the molecule is CCCc1nc(CC)n(-c2ccc(C(C)(C)OC)cc2)c(=O)c1Cc1cccc(-c2ccccc2)c1C#N. The van der Waals surface area contributed by atoms with Crippen molar-refractivity contribution in [1.29, 1.82) is 5.26 Å². The number of aryl methyl sites for hydroxylation is 2. The van der Waals surface area contributed by atoms with E-state index in [2.05, 4.69) is 13.0 Å². The second-order valence-electron chi connectivity index (χ2n) is 9.95. The molecule has 1 aromatic heterocycles. The van der Waals surface area contributed by atoms with Crippen molar-refractivity contribution in [2.45, 2.75) is 59.0 Å². The smallest absolute Gasteiger partial charge is 0.261 e. The molecule has 0 radical (unpaired) electrons. The van der Waals surface area contributed by atoms with Crippen molar-refractivity contribution in [3.63, 3.8) is 0 Å². The highest BCUT2D eigenvalue weighted by Gasteiger charge is 2.22. The minimum absolute atomic E-state index is 0.0759. The second kappa shape index (κ2) is 11.6. The normalized spacial score (nSPS) is 11.4. The summed E-state index contributed by atoms with van der Waals surface area (Å²) in [5, 5.41) is 10.1. The molecule has 0 N–H and O–H groups in total. The Bertz CT molecular complexity index is 1510. The predicted octanol–water partition coefficient (Wildman–Crippen LogP) is 6.76. The Balaban J connectivity index is 1.87. The average Bonchev–Trinajstić information content (AvgIpc) is 2.95. The molecule has 0 unspecified atom stereocenters. The summed E-state index contributed by atoms with van der Waals surface area (Å²) >= 11 is 0. The Morgan fingerprint density at radius 2 is 1.68 bits per heavy atom. The van der Waals surface area contributed by atoms with E-state index < -0.39 is 5.60 Å². The van der Waals surface area contributed by atoms with Crippen LogP contribution < -0.4 is 5.56 Å². The molecule has 3 aromatic carbocycles. The minimum Gasteiger partial charge on any atom is -0.374 e. The topological polar surface area (TPSA) is 67.9 Å². The van der Waals surface area contributed by atoms with Crippen LogP contribution in [0.25, 0.3) is 16.8 Å². The van der Waals surface area contributed by atoms with Crippen molar-refractivity contribution in [3.05, 3.63) is 117 Å². The molecule has 0 amide bonds. The summed E-state index contributed by atoms with van der Waals surface area (Å²) in [5.74, 6) is 0.736. The molecule has 5 heteroatoms. The van der Waals surface area contributed by atoms with Crippen LogP contribution in [0.5, 0.6) is 0 Å². The Hall–Kier alpha value is -4.01. The summed E-state index contributed by atoms with van der Waals surface area (Å²) in [4.78, 5) is 19.2. The third-order valence-corrected chi connectivity index (χ3v) is 7.18. The fourth-order valence-electron chi connectivity index (χ4n) is 4.83. The van der Waals surface area contributed by atoms with Gasteiger partial charge in [-0.15, -0.1) is 0 Å². The van der Waals surface area contributed by atoms with Crippen LogP contribution in [-0.2, 0) is 29.6 Å². The predicted molar refractivity (Wildman–Crippen MR) is 153 cm³/mol. The van der Waals surface area contributed by atoms with Crippen LogP contribution in [-0.4, -0.2) is 16.7 Å². The van der Waals surface area contributed by atoms with Crippen LogP contribution in [0.1, 0.15) is 67.9 Å². The first-order valence-electron chi connectivity index (χ1n) is 13.2. The van der Waals surface area contributed by atoms with E-state index in [0.717, 1.165) is 45.9 Å². The van der Waals surface area contributed by atoms with Crippen LogP contribution >= 0.6 is 0 Å². The van der Waals surface area contributed by atoms with Gasteiger partial charge in [0, 0.05) is 25.5 Å². The van der Waals surface area contributed by atoms with Gasteiger partial charge in [-0.3, -0.25) is 9.36 Å². The van der Waals surface area contributed by atoms with Crippen LogP contribution in [0.15, 0.2) is 77.6 Å². The number of methoxy groups -OCH3 is 1. The number of aromatic nitrogens is 2. The molecule has 38 heavy (non-hydrogen) atoms. The number of nitrogens with zero attached hydrogens (tertiary/aromatic N) is 3. The summed E-state index contributed by atoms with van der Waals surface area (Å²) in [5.41, 5.74) is 6.05. The van der Waals surface area contributed by atoms with Crippen LogP contribution in [0.4, 0.5) is 0 Å². The number of hydrogen-bond donors (Lipinski definition) is 0. The van der Waals surface area contributed by atoms with Gasteiger partial charge in [-0.2, -0.15) is 5.26 Å². The Morgan fingerprint density at radius 1 is 0.974 bits per heavy atom. The Labute approximate surface area is 225 Å². The lowest BCUT2D eigenvalue weighted by atomic mass is 9.92. The van der Waals surface area contributed by atoms with Crippen molar-refractivity contribution < 1.29 is 4.74 Å². The number of benzene rings is 3. The van der Waals surface area contributed by atoms with Gasteiger partial charge in [-0.05, 0) is 54.7 Å². The van der Waals surface area contributed by atoms with E-state index in [-0.39, 0.29) is 5.56 Å². The first-order chi connectivity index (χ1) is 18.3. The molecule has 0 spiro atoms. The van der Waals surface area contributed by atoms with E-state index in [0.29, 0.717) is 30.4 Å². The average molecular weight is 506 g/mol. The Kier molecular flexibility index (Phi) is 8.24. The highest BCUT2D eigenvalue weighted by atomic mass is 16.5. The molecule has 0 saturated carbocycles. The van der Waals surface area contributed by atoms with Crippen molar-refractivity contribution >= 4 is 0 Å². The lowest BCUT2D eigenvalue weighted by Gasteiger charge is -2.24. The van der Waals surface area contributed by atoms with Gasteiger partial charge >= 0.3 is 0 Å². The van der Waals surface area contributed by atoms with Crippen molar-refractivity contribution in [2.75, 3.05) is 7.11 Å². The zero-order chi connectivity index (χ0) is 27.3. The first-order valence-corrected chi connectivity index (χ1v) is 13.2. The molecule has 4 rings (SSSR count). The largest absolute Gasteiger partial charge is 0.374 e. The van der Waals surface area contributed by atoms with E-state index >= 15 is 0 Å². The number of rotatable bonds is 9. The van der Waals surface area contributed by atoms with E-state index in [4.69, 9.17) is 9.72 Å². The van der Waals surface area contributed by atoms with Crippen LogP contribution in [0, 0.1) is 11.3 Å². The number of ether oxygens (including phenoxy) is 1. The highest BCUT2D eigenvalue weighted by molar-refractivity contribution is 5.72. The minimum atomic E-state index is -0.428. The van der Waals surface area contributed by atoms with Gasteiger partial charge in [-0.25, -0.2) is 4.98 Å². The van der Waals surface area contributed by atoms with Gasteiger partial charge in [0.15, 0.2) is 0 Å². The van der Waals surface area contributed by atoms with E-state index in [1.54, 1.807) is 11.7 Å². The second-order valence-corrected chi connectivity index (χ2v) is 9.95. The molecule has 4 aromatic rings. The van der Waals surface area contributed by atoms with Gasteiger partial charge < -0.3 is 4.74 Å². The van der Waals surface area contributed by atoms with Gasteiger partial charge in [0.05, 0.1) is 22.5 Å². The molecule has 0 aliphatic heterocycles. The maximum atomic E-state index is 14.2. The summed E-state index contributed by atoms with van der Waals surface area (Å²) in [6, 6.07) is 26.1. The van der Waals surface area contributed by atoms with Crippen molar-refractivity contribution in [3.8, 4) is 22.9 Å². The summed E-state index contributed by atoms with van der Waals surface area (Å²) in [6.07, 6.45) is 2.57. The fourth-order valence-corrected chi connectivity index (χ4v) is 4.83. The molecule has 1 heterocycles. The lowest BCUT2D eigenvalue weighted by Crippen LogP contribution is -2.29. The molecule has 5 nitrogen and oxygen atoms in total. The van der Waals surface area contributed by atoms with Crippen LogP contribution in [0.2, 0.25) is 0 Å². The maximum absolute atomic E-state index is 14.2. The van der Waals surface area contributed by atoms with E-state index in [1.165, 1.54) is 0 Å². The molecule has 0 bridgehead atoms. The van der Waals surface area contributed by atoms with Gasteiger partial charge in [0.2, 0.25) is 0 Å². The van der Waals surface area contributed by atoms with Crippen molar-refractivity contribution in [2.24, 2.45) is 0 Å². The molecule has 0 saturated heterocycles. The van der Waals surface area contributed by atoms with Gasteiger partial charge in [-0.1, -0.05) is 80.9 Å². The third kappa shape index (κ3) is 5.32. The number of nitriles is 1. The zero-order valence-corrected chi connectivity index (χ0v) is 22.9. The van der Waals surface area contributed by atoms with Crippen molar-refractivity contribution in [1.82, 2.24) is 9.55 Å². The quantitative estimate of drug-likeness (QED) is 0.252. The van der Waals surface area contributed by atoms with Gasteiger partial charge in [0.1, 0.15) is 11.9 Å². The standard InChI is InChI=1S/C33H35N3O2/c1-6-12-30-28(21-24-15-11-16-27(29(24)22-34)23-13-9-8-10-14-23)32(37)36(31(7-2)35-30)26-19-17-25(18-20-26)33(3,4)38-5/h8-11,13-20H,6-7,12,21H2,1-5H3.